The van der Waals surface area contributed by atoms with Gasteiger partial charge in [-0.2, -0.15) is 0 Å². The highest BCUT2D eigenvalue weighted by molar-refractivity contribution is 5.92. The van der Waals surface area contributed by atoms with Crippen molar-refractivity contribution in [1.29, 1.82) is 0 Å². The smallest absolute Gasteiger partial charge is 0.408 e. The van der Waals surface area contributed by atoms with Gasteiger partial charge in [-0.15, -0.1) is 0 Å². The molecule has 218 valence electrons. The SMILES string of the molecule is CCCN(C(=O)C(CCC(N)=O)NC(=O)OC(C)(C)C)C(C(=O)NCCC(=O)OCC)c1ccc(O)c(C)c1. The van der Waals surface area contributed by atoms with E-state index in [2.05, 4.69) is 10.6 Å². The molecule has 0 radical (unpaired) electrons. The van der Waals surface area contributed by atoms with Crippen LogP contribution in [0.25, 0.3) is 0 Å². The van der Waals surface area contributed by atoms with Crippen LogP contribution < -0.4 is 16.4 Å². The fourth-order valence-corrected chi connectivity index (χ4v) is 3.74. The van der Waals surface area contributed by atoms with Gasteiger partial charge in [-0.25, -0.2) is 4.79 Å². The van der Waals surface area contributed by atoms with E-state index >= 15 is 0 Å². The fraction of sp³-hybridized carbons (Fsp3) is 0.593. The first-order chi connectivity index (χ1) is 18.2. The molecule has 0 bridgehead atoms. The van der Waals surface area contributed by atoms with Crippen LogP contribution in [0.4, 0.5) is 4.79 Å². The topological polar surface area (TPSA) is 177 Å². The van der Waals surface area contributed by atoms with Crippen molar-refractivity contribution in [3.05, 3.63) is 29.3 Å². The van der Waals surface area contributed by atoms with Gasteiger partial charge in [0.1, 0.15) is 23.4 Å². The maximum atomic E-state index is 13.9. The lowest BCUT2D eigenvalue weighted by Crippen LogP contribution is -2.53. The second kappa shape index (κ2) is 15.6. The molecule has 1 aromatic rings. The Morgan fingerprint density at radius 3 is 2.31 bits per heavy atom. The van der Waals surface area contributed by atoms with Crippen LogP contribution in [0.5, 0.6) is 5.75 Å². The number of phenols is 1. The van der Waals surface area contributed by atoms with Gasteiger partial charge in [0.2, 0.25) is 17.7 Å². The third-order valence-corrected chi connectivity index (χ3v) is 5.45. The van der Waals surface area contributed by atoms with Gasteiger partial charge in [0, 0.05) is 19.5 Å². The minimum atomic E-state index is -1.22. The molecule has 0 aromatic heterocycles. The average molecular weight is 551 g/mol. The first-order valence-electron chi connectivity index (χ1n) is 13.0. The van der Waals surface area contributed by atoms with Crippen molar-refractivity contribution in [2.45, 2.75) is 84.9 Å². The number of alkyl carbamates (subject to hydrolysis) is 1. The normalized spacial score (nSPS) is 12.6. The van der Waals surface area contributed by atoms with Crippen LogP contribution in [0.15, 0.2) is 18.2 Å². The second-order valence-corrected chi connectivity index (χ2v) is 10.0. The number of esters is 1. The van der Waals surface area contributed by atoms with Gasteiger partial charge in [0.05, 0.1) is 13.0 Å². The number of phenolic OH excluding ortho intramolecular Hbond substituents is 1. The van der Waals surface area contributed by atoms with E-state index in [9.17, 15) is 29.1 Å². The molecule has 1 rings (SSSR count). The summed E-state index contributed by atoms with van der Waals surface area (Å²) in [4.78, 5) is 64.5. The number of hydrogen-bond acceptors (Lipinski definition) is 8. The van der Waals surface area contributed by atoms with Crippen molar-refractivity contribution in [1.82, 2.24) is 15.5 Å². The monoisotopic (exact) mass is 550 g/mol. The number of benzene rings is 1. The molecule has 0 saturated carbocycles. The van der Waals surface area contributed by atoms with Gasteiger partial charge in [0.25, 0.3) is 0 Å². The van der Waals surface area contributed by atoms with E-state index in [4.69, 9.17) is 15.2 Å². The first kappa shape index (κ1) is 33.2. The Kier molecular flexibility index (Phi) is 13.2. The van der Waals surface area contributed by atoms with Crippen molar-refractivity contribution in [3.8, 4) is 5.75 Å². The molecule has 0 fully saturated rings. The third-order valence-electron chi connectivity index (χ3n) is 5.45. The summed E-state index contributed by atoms with van der Waals surface area (Å²) in [5.74, 6) is -2.33. The number of rotatable bonds is 14. The number of primary amides is 1. The minimum Gasteiger partial charge on any atom is -0.508 e. The Hall–Kier alpha value is -3.83. The highest BCUT2D eigenvalue weighted by Gasteiger charge is 2.36. The van der Waals surface area contributed by atoms with Crippen LogP contribution >= 0.6 is 0 Å². The number of aromatic hydroxyl groups is 1. The van der Waals surface area contributed by atoms with Crippen LogP contribution in [-0.4, -0.2) is 71.1 Å². The molecule has 39 heavy (non-hydrogen) atoms. The van der Waals surface area contributed by atoms with Crippen LogP contribution in [0.1, 0.15) is 77.5 Å². The molecular weight excluding hydrogens is 508 g/mol. The van der Waals surface area contributed by atoms with E-state index in [1.54, 1.807) is 40.7 Å². The van der Waals surface area contributed by atoms with E-state index in [1.165, 1.54) is 17.0 Å². The van der Waals surface area contributed by atoms with Crippen LogP contribution in [-0.2, 0) is 28.7 Å². The second-order valence-electron chi connectivity index (χ2n) is 10.0. The Bertz CT molecular complexity index is 1020. The van der Waals surface area contributed by atoms with Crippen LogP contribution in [0.2, 0.25) is 0 Å². The number of amides is 4. The van der Waals surface area contributed by atoms with Crippen LogP contribution in [0, 0.1) is 6.92 Å². The zero-order valence-corrected chi connectivity index (χ0v) is 23.7. The maximum absolute atomic E-state index is 13.9. The summed E-state index contributed by atoms with van der Waals surface area (Å²) in [6.45, 7) is 10.4. The van der Waals surface area contributed by atoms with E-state index in [0.717, 1.165) is 0 Å². The van der Waals surface area contributed by atoms with Gasteiger partial charge in [-0.05, 0) is 70.7 Å². The number of nitrogens with two attached hydrogens (primary N) is 1. The summed E-state index contributed by atoms with van der Waals surface area (Å²) in [5, 5.41) is 15.2. The lowest BCUT2D eigenvalue weighted by atomic mass is 9.99. The number of nitrogens with zero attached hydrogens (tertiary/aromatic N) is 1. The van der Waals surface area contributed by atoms with Crippen molar-refractivity contribution in [2.75, 3.05) is 19.7 Å². The van der Waals surface area contributed by atoms with Gasteiger partial charge >= 0.3 is 12.1 Å². The van der Waals surface area contributed by atoms with Crippen LogP contribution in [0.3, 0.4) is 0 Å². The van der Waals surface area contributed by atoms with Gasteiger partial charge < -0.3 is 35.8 Å². The quantitative estimate of drug-likeness (QED) is 0.255. The Morgan fingerprint density at radius 2 is 1.77 bits per heavy atom. The third kappa shape index (κ3) is 11.6. The fourth-order valence-electron chi connectivity index (χ4n) is 3.74. The van der Waals surface area contributed by atoms with E-state index in [-0.39, 0.29) is 44.7 Å². The molecule has 0 spiro atoms. The lowest BCUT2D eigenvalue weighted by molar-refractivity contribution is -0.144. The Labute approximate surface area is 229 Å². The zero-order chi connectivity index (χ0) is 29.8. The summed E-state index contributed by atoms with van der Waals surface area (Å²) in [6.07, 6.45) is -0.771. The molecule has 0 aliphatic rings. The Morgan fingerprint density at radius 1 is 1.10 bits per heavy atom. The molecule has 5 N–H and O–H groups in total. The number of aryl methyl sites for hydroxylation is 1. The largest absolute Gasteiger partial charge is 0.508 e. The minimum absolute atomic E-state index is 0.0134. The van der Waals surface area contributed by atoms with Crippen molar-refractivity contribution in [2.24, 2.45) is 5.73 Å². The summed E-state index contributed by atoms with van der Waals surface area (Å²) in [6, 6.07) is 2.14. The van der Waals surface area contributed by atoms with Crippen molar-refractivity contribution >= 4 is 29.8 Å². The molecule has 2 unspecified atom stereocenters. The van der Waals surface area contributed by atoms with E-state index in [0.29, 0.717) is 17.5 Å². The molecule has 4 amide bonds. The molecular formula is C27H42N4O8. The predicted octanol–water partition coefficient (Wildman–Crippen LogP) is 2.21. The summed E-state index contributed by atoms with van der Waals surface area (Å²) >= 11 is 0. The molecule has 2 atom stereocenters. The summed E-state index contributed by atoms with van der Waals surface area (Å²) < 4.78 is 10.2. The highest BCUT2D eigenvalue weighted by atomic mass is 16.6. The zero-order valence-electron chi connectivity index (χ0n) is 23.7. The number of carbonyl (C=O) groups is 5. The number of ether oxygens (including phenoxy) is 2. The molecule has 12 nitrogen and oxygen atoms in total. The van der Waals surface area contributed by atoms with Gasteiger partial charge in [-0.3, -0.25) is 19.2 Å². The number of hydrogen-bond donors (Lipinski definition) is 4. The van der Waals surface area contributed by atoms with E-state index < -0.39 is 47.5 Å². The molecule has 0 heterocycles. The number of carbonyl (C=O) groups excluding carboxylic acids is 5. The van der Waals surface area contributed by atoms with Crippen molar-refractivity contribution < 1.29 is 38.6 Å². The van der Waals surface area contributed by atoms with Crippen molar-refractivity contribution in [3.63, 3.8) is 0 Å². The predicted molar refractivity (Wildman–Crippen MR) is 143 cm³/mol. The molecule has 0 aliphatic heterocycles. The summed E-state index contributed by atoms with van der Waals surface area (Å²) in [5.41, 5.74) is 5.36. The van der Waals surface area contributed by atoms with Gasteiger partial charge in [-0.1, -0.05) is 13.0 Å². The molecule has 12 heteroatoms. The maximum Gasteiger partial charge on any atom is 0.408 e. The average Bonchev–Trinajstić information content (AvgIpc) is 2.82. The molecule has 0 aliphatic carbocycles. The molecule has 0 saturated heterocycles. The Balaban J connectivity index is 3.42. The van der Waals surface area contributed by atoms with Gasteiger partial charge in [0.15, 0.2) is 0 Å². The first-order valence-corrected chi connectivity index (χ1v) is 13.0. The standard InChI is InChI=1S/C27H42N4O8/c1-7-15-31(25(36)19(10-12-21(28)33)30-26(37)39-27(4,5)6)23(18-9-11-20(32)17(3)16-18)24(35)29-14-13-22(34)38-8-2/h9,11,16,19,23,32H,7-8,10,12-15H2,1-6H3,(H2,28,33)(H,29,35)(H,30,37). The lowest BCUT2D eigenvalue weighted by Gasteiger charge is -2.34. The highest BCUT2D eigenvalue weighted by Crippen LogP contribution is 2.27. The molecule has 1 aromatic carbocycles. The van der Waals surface area contributed by atoms with E-state index in [1.807, 2.05) is 6.92 Å². The summed E-state index contributed by atoms with van der Waals surface area (Å²) in [7, 11) is 0. The number of nitrogens with one attached hydrogen (secondary N) is 2.